The van der Waals surface area contributed by atoms with Crippen LogP contribution in [0.1, 0.15) is 20.3 Å². The topological polar surface area (TPSA) is 55.1 Å². The van der Waals surface area contributed by atoms with Crippen molar-refractivity contribution in [2.75, 3.05) is 22.6 Å². The summed E-state index contributed by atoms with van der Waals surface area (Å²) in [7, 11) is 0. The van der Waals surface area contributed by atoms with Gasteiger partial charge in [-0.05, 0) is 29.7 Å². The van der Waals surface area contributed by atoms with Crippen molar-refractivity contribution in [1.82, 2.24) is 0 Å². The summed E-state index contributed by atoms with van der Waals surface area (Å²) in [5, 5.41) is 3.64. The Morgan fingerprint density at radius 2 is 2.25 bits per heavy atom. The molecular weight excluding hydrogens is 288 g/mol. The largest absolute Gasteiger partial charge is 0.381 e. The van der Waals surface area contributed by atoms with Crippen molar-refractivity contribution in [2.24, 2.45) is 11.1 Å². The van der Waals surface area contributed by atoms with Gasteiger partial charge in [-0.15, -0.1) is 11.8 Å². The maximum atomic E-state index is 10.9. The fourth-order valence-electron chi connectivity index (χ4n) is 2.44. The van der Waals surface area contributed by atoms with E-state index in [0.29, 0.717) is 17.2 Å². The van der Waals surface area contributed by atoms with Crippen molar-refractivity contribution in [3.63, 3.8) is 0 Å². The third-order valence-electron chi connectivity index (χ3n) is 3.23. The van der Waals surface area contributed by atoms with Crippen LogP contribution in [0.2, 0.25) is 0 Å². The number of amides is 1. The standard InChI is InChI=1S/C15H22N2OS2/c1-15(2)7-11(8-19-10-15)17-12-5-3-4-6-13(12)20-9-14(16)18/h3-6,11,17H,7-10H2,1-2H3,(H2,16,18). The van der Waals surface area contributed by atoms with E-state index in [2.05, 4.69) is 25.2 Å². The summed E-state index contributed by atoms with van der Waals surface area (Å²) in [6, 6.07) is 8.62. The highest BCUT2D eigenvalue weighted by molar-refractivity contribution is 8.00. The second kappa shape index (κ2) is 6.76. The average Bonchev–Trinajstić information content (AvgIpc) is 2.36. The average molecular weight is 310 g/mol. The summed E-state index contributed by atoms with van der Waals surface area (Å²) in [6.45, 7) is 4.64. The fraction of sp³-hybridized carbons (Fsp3) is 0.533. The Balaban J connectivity index is 2.03. The van der Waals surface area contributed by atoms with Crippen LogP contribution >= 0.6 is 23.5 Å². The van der Waals surface area contributed by atoms with Gasteiger partial charge in [0.1, 0.15) is 0 Å². The van der Waals surface area contributed by atoms with Crippen LogP contribution in [0.3, 0.4) is 0 Å². The van der Waals surface area contributed by atoms with Gasteiger partial charge in [0.05, 0.1) is 5.75 Å². The molecule has 1 aromatic carbocycles. The van der Waals surface area contributed by atoms with E-state index in [-0.39, 0.29) is 5.91 Å². The Bertz CT molecular complexity index is 477. The van der Waals surface area contributed by atoms with Crippen LogP contribution < -0.4 is 11.1 Å². The monoisotopic (exact) mass is 310 g/mol. The predicted molar refractivity (Wildman–Crippen MR) is 89.5 cm³/mol. The van der Waals surface area contributed by atoms with Crippen molar-refractivity contribution >= 4 is 35.1 Å². The summed E-state index contributed by atoms with van der Waals surface area (Å²) in [6.07, 6.45) is 1.18. The molecule has 1 fully saturated rings. The zero-order valence-corrected chi connectivity index (χ0v) is 13.7. The second-order valence-corrected chi connectivity index (χ2v) is 8.02. The van der Waals surface area contributed by atoms with Crippen molar-refractivity contribution in [2.45, 2.75) is 31.2 Å². The van der Waals surface area contributed by atoms with Gasteiger partial charge in [0.15, 0.2) is 0 Å². The molecule has 1 saturated heterocycles. The van der Waals surface area contributed by atoms with Crippen LogP contribution in [0, 0.1) is 5.41 Å². The molecular formula is C15H22N2OS2. The Morgan fingerprint density at radius 3 is 2.95 bits per heavy atom. The predicted octanol–water partition coefficient (Wildman–Crippen LogP) is 3.21. The normalized spacial score (nSPS) is 21.4. The highest BCUT2D eigenvalue weighted by Crippen LogP contribution is 2.36. The maximum Gasteiger partial charge on any atom is 0.227 e. The van der Waals surface area contributed by atoms with Crippen LogP contribution in [0.15, 0.2) is 29.2 Å². The van der Waals surface area contributed by atoms with Gasteiger partial charge in [0.2, 0.25) is 5.91 Å². The Kier molecular flexibility index (Phi) is 5.27. The van der Waals surface area contributed by atoms with Gasteiger partial charge in [-0.25, -0.2) is 0 Å². The third kappa shape index (κ3) is 4.63. The molecule has 5 heteroatoms. The van der Waals surface area contributed by atoms with E-state index in [1.807, 2.05) is 30.0 Å². The lowest BCUT2D eigenvalue weighted by molar-refractivity contribution is -0.115. The van der Waals surface area contributed by atoms with Crippen molar-refractivity contribution in [3.8, 4) is 0 Å². The summed E-state index contributed by atoms with van der Waals surface area (Å²) in [4.78, 5) is 12.0. The van der Waals surface area contributed by atoms with E-state index < -0.39 is 0 Å². The summed E-state index contributed by atoms with van der Waals surface area (Å²) < 4.78 is 0. The molecule has 1 unspecified atom stereocenters. The number of thioether (sulfide) groups is 2. The van der Waals surface area contributed by atoms with E-state index in [1.165, 1.54) is 23.9 Å². The van der Waals surface area contributed by atoms with E-state index in [4.69, 9.17) is 5.73 Å². The van der Waals surface area contributed by atoms with Crippen LogP contribution in [0.25, 0.3) is 0 Å². The number of carbonyl (C=O) groups is 1. The molecule has 0 spiro atoms. The number of primary amides is 1. The molecule has 1 atom stereocenters. The van der Waals surface area contributed by atoms with Gasteiger partial charge in [-0.1, -0.05) is 26.0 Å². The fourth-order valence-corrected chi connectivity index (χ4v) is 4.46. The summed E-state index contributed by atoms with van der Waals surface area (Å²) >= 11 is 3.51. The molecule has 20 heavy (non-hydrogen) atoms. The van der Waals surface area contributed by atoms with Crippen molar-refractivity contribution in [1.29, 1.82) is 0 Å². The zero-order chi connectivity index (χ0) is 14.6. The number of anilines is 1. The smallest absolute Gasteiger partial charge is 0.227 e. The number of nitrogens with two attached hydrogens (primary N) is 1. The van der Waals surface area contributed by atoms with Crippen LogP contribution in [0.4, 0.5) is 5.69 Å². The molecule has 1 heterocycles. The summed E-state index contributed by atoms with van der Waals surface area (Å²) in [5.41, 5.74) is 6.72. The first-order valence-corrected chi connectivity index (χ1v) is 8.95. The summed E-state index contributed by atoms with van der Waals surface area (Å²) in [5.74, 6) is 2.41. The van der Waals surface area contributed by atoms with Gasteiger partial charge in [0, 0.05) is 22.4 Å². The van der Waals surface area contributed by atoms with E-state index in [0.717, 1.165) is 16.3 Å². The molecule has 0 bridgehead atoms. The molecule has 1 aromatic rings. The molecule has 0 saturated carbocycles. The van der Waals surface area contributed by atoms with Gasteiger partial charge in [-0.3, -0.25) is 4.79 Å². The number of hydrogen-bond donors (Lipinski definition) is 2. The quantitative estimate of drug-likeness (QED) is 0.820. The highest BCUT2D eigenvalue weighted by Gasteiger charge is 2.28. The zero-order valence-electron chi connectivity index (χ0n) is 12.0. The number of para-hydroxylation sites is 1. The van der Waals surface area contributed by atoms with E-state index >= 15 is 0 Å². The van der Waals surface area contributed by atoms with Crippen LogP contribution in [0.5, 0.6) is 0 Å². The van der Waals surface area contributed by atoms with Crippen molar-refractivity contribution < 1.29 is 4.79 Å². The van der Waals surface area contributed by atoms with Gasteiger partial charge < -0.3 is 11.1 Å². The van der Waals surface area contributed by atoms with Crippen LogP contribution in [-0.2, 0) is 4.79 Å². The maximum absolute atomic E-state index is 10.9. The second-order valence-electron chi connectivity index (χ2n) is 5.98. The SMILES string of the molecule is CC1(C)CSCC(Nc2ccccc2SCC(N)=O)C1. The molecule has 110 valence electrons. The van der Waals surface area contributed by atoms with Crippen molar-refractivity contribution in [3.05, 3.63) is 24.3 Å². The third-order valence-corrected chi connectivity index (χ3v) is 5.95. The van der Waals surface area contributed by atoms with Gasteiger partial charge in [0.25, 0.3) is 0 Å². The van der Waals surface area contributed by atoms with Gasteiger partial charge in [-0.2, -0.15) is 11.8 Å². The van der Waals surface area contributed by atoms with E-state index in [9.17, 15) is 4.79 Å². The Morgan fingerprint density at radius 1 is 1.50 bits per heavy atom. The number of nitrogens with one attached hydrogen (secondary N) is 1. The van der Waals surface area contributed by atoms with Gasteiger partial charge >= 0.3 is 0 Å². The molecule has 0 aliphatic carbocycles. The molecule has 0 radical (unpaired) electrons. The first-order valence-electron chi connectivity index (χ1n) is 6.81. The minimum Gasteiger partial charge on any atom is -0.381 e. The minimum atomic E-state index is -0.279. The molecule has 2 rings (SSSR count). The van der Waals surface area contributed by atoms with E-state index in [1.54, 1.807) is 0 Å². The lowest BCUT2D eigenvalue weighted by atomic mass is 9.88. The molecule has 3 nitrogen and oxygen atoms in total. The first kappa shape index (κ1) is 15.6. The molecule has 1 amide bonds. The molecule has 3 N–H and O–H groups in total. The number of carbonyl (C=O) groups excluding carboxylic acids is 1. The number of benzene rings is 1. The molecule has 1 aliphatic rings. The molecule has 0 aromatic heterocycles. The van der Waals surface area contributed by atoms with Crippen LogP contribution in [-0.4, -0.2) is 29.2 Å². The lowest BCUT2D eigenvalue weighted by Gasteiger charge is -2.35. The Hall–Kier alpha value is -0.810. The molecule has 1 aliphatic heterocycles. The lowest BCUT2D eigenvalue weighted by Crippen LogP contribution is -2.35. The number of hydrogen-bond acceptors (Lipinski definition) is 4. The highest BCUT2D eigenvalue weighted by atomic mass is 32.2. The minimum absolute atomic E-state index is 0.279. The number of rotatable bonds is 5. The Labute approximate surface area is 129 Å². The first-order chi connectivity index (χ1) is 9.46.